The number of carboxylic acid groups (broad SMARTS) is 1. The molecule has 32 heavy (non-hydrogen) atoms. The summed E-state index contributed by atoms with van der Waals surface area (Å²) in [5, 5.41) is 7.12. The molecule has 0 saturated carbocycles. The highest BCUT2D eigenvalue weighted by Gasteiger charge is 2.42. The van der Waals surface area contributed by atoms with E-state index in [9.17, 15) is 26.7 Å². The largest absolute Gasteiger partial charge is 0.490 e. The summed E-state index contributed by atoms with van der Waals surface area (Å²) in [6.07, 6.45) is -0.184. The molecule has 6 nitrogen and oxygen atoms in total. The lowest BCUT2D eigenvalue weighted by atomic mass is 9.87. The maximum Gasteiger partial charge on any atom is 0.490 e. The summed E-state index contributed by atoms with van der Waals surface area (Å²) in [6, 6.07) is 3.65. The van der Waals surface area contributed by atoms with E-state index in [1.54, 1.807) is 0 Å². The van der Waals surface area contributed by atoms with Crippen molar-refractivity contribution in [1.29, 1.82) is 0 Å². The fourth-order valence-corrected chi connectivity index (χ4v) is 4.32. The summed E-state index contributed by atoms with van der Waals surface area (Å²) < 4.78 is 64.2. The molecule has 1 aromatic carbocycles. The van der Waals surface area contributed by atoms with Crippen LogP contribution in [0, 0.1) is 11.6 Å². The van der Waals surface area contributed by atoms with Gasteiger partial charge in [0, 0.05) is 37.8 Å². The van der Waals surface area contributed by atoms with Crippen LogP contribution in [0.4, 0.5) is 22.0 Å². The van der Waals surface area contributed by atoms with Gasteiger partial charge in [-0.1, -0.05) is 0 Å². The molecule has 0 bridgehead atoms. The predicted molar refractivity (Wildman–Crippen MR) is 105 cm³/mol. The number of hydrogen-bond donors (Lipinski definition) is 1. The van der Waals surface area contributed by atoms with Gasteiger partial charge in [0.25, 0.3) is 0 Å². The zero-order chi connectivity index (χ0) is 23.9. The summed E-state index contributed by atoms with van der Waals surface area (Å²) in [7, 11) is 1.53. The van der Waals surface area contributed by atoms with E-state index >= 15 is 0 Å². The Labute approximate surface area is 182 Å². The molecule has 3 rings (SSSR count). The first kappa shape index (κ1) is 26.0. The van der Waals surface area contributed by atoms with Crippen LogP contribution in [0.3, 0.4) is 0 Å². The van der Waals surface area contributed by atoms with Gasteiger partial charge in [0.15, 0.2) is 0 Å². The molecule has 0 aliphatic carbocycles. The van der Waals surface area contributed by atoms with Gasteiger partial charge in [0.05, 0.1) is 0 Å². The maximum absolute atomic E-state index is 14.1. The molecular formula is C21H27F5N2O4. The number of benzene rings is 1. The number of nitrogens with zero attached hydrogens (tertiary/aromatic N) is 2. The molecule has 1 atom stereocenters. The second-order valence-electron chi connectivity index (χ2n) is 7.96. The fourth-order valence-electron chi connectivity index (χ4n) is 4.32. The third kappa shape index (κ3) is 6.86. The Morgan fingerprint density at radius 3 is 2.31 bits per heavy atom. The summed E-state index contributed by atoms with van der Waals surface area (Å²) in [6.45, 7) is 2.87. The maximum atomic E-state index is 14.1. The lowest BCUT2D eigenvalue weighted by molar-refractivity contribution is -0.192. The summed E-state index contributed by atoms with van der Waals surface area (Å²) in [4.78, 5) is 25.2. The molecule has 180 valence electrons. The Morgan fingerprint density at radius 2 is 1.72 bits per heavy atom. The van der Waals surface area contributed by atoms with Crippen molar-refractivity contribution in [3.63, 3.8) is 0 Å². The number of carbonyl (C=O) groups excluding carboxylic acids is 1. The zero-order valence-electron chi connectivity index (χ0n) is 17.8. The number of likely N-dealkylation sites (tertiary alicyclic amines) is 2. The first-order chi connectivity index (χ1) is 15.0. The Bertz CT molecular complexity index is 805. The Hall–Kier alpha value is -2.27. The van der Waals surface area contributed by atoms with Gasteiger partial charge in [-0.15, -0.1) is 0 Å². The van der Waals surface area contributed by atoms with Crippen molar-refractivity contribution in [3.8, 4) is 0 Å². The van der Waals surface area contributed by atoms with E-state index in [4.69, 9.17) is 14.6 Å². The number of carbonyl (C=O) groups is 2. The van der Waals surface area contributed by atoms with Crippen molar-refractivity contribution in [1.82, 2.24) is 9.80 Å². The smallest absolute Gasteiger partial charge is 0.475 e. The summed E-state index contributed by atoms with van der Waals surface area (Å²) >= 11 is 0. The third-order valence-electron chi connectivity index (χ3n) is 5.89. The molecule has 1 amide bonds. The topological polar surface area (TPSA) is 70.1 Å². The number of aliphatic carboxylic acids is 1. The van der Waals surface area contributed by atoms with Gasteiger partial charge < -0.3 is 14.7 Å². The van der Waals surface area contributed by atoms with Gasteiger partial charge >= 0.3 is 12.1 Å². The monoisotopic (exact) mass is 466 g/mol. The van der Waals surface area contributed by atoms with Gasteiger partial charge in [0.1, 0.15) is 18.2 Å². The van der Waals surface area contributed by atoms with E-state index in [1.165, 1.54) is 19.2 Å². The van der Waals surface area contributed by atoms with Crippen LogP contribution >= 0.6 is 0 Å². The highest BCUT2D eigenvalue weighted by molar-refractivity contribution is 5.77. The van der Waals surface area contributed by atoms with Crippen molar-refractivity contribution in [2.45, 2.75) is 50.4 Å². The number of carboxylic acids is 1. The van der Waals surface area contributed by atoms with E-state index in [2.05, 4.69) is 4.90 Å². The molecule has 1 unspecified atom stereocenters. The number of ether oxygens (including phenoxy) is 1. The van der Waals surface area contributed by atoms with Crippen LogP contribution in [0.1, 0.15) is 37.7 Å². The van der Waals surface area contributed by atoms with E-state index < -0.39 is 18.0 Å². The minimum atomic E-state index is -5.08. The van der Waals surface area contributed by atoms with Gasteiger partial charge in [-0.25, -0.2) is 13.6 Å². The van der Waals surface area contributed by atoms with Crippen molar-refractivity contribution < 1.29 is 41.4 Å². The van der Waals surface area contributed by atoms with Crippen LogP contribution in [0.2, 0.25) is 0 Å². The molecule has 2 saturated heterocycles. The number of methoxy groups -OCH3 is 1. The van der Waals surface area contributed by atoms with Crippen molar-refractivity contribution in [2.24, 2.45) is 0 Å². The number of alkyl halides is 3. The first-order valence-corrected chi connectivity index (χ1v) is 10.2. The quantitative estimate of drug-likeness (QED) is 0.687. The average Bonchev–Trinajstić information content (AvgIpc) is 2.95. The normalized spacial score (nSPS) is 21.8. The molecule has 11 heteroatoms. The Morgan fingerprint density at radius 1 is 1.09 bits per heavy atom. The van der Waals surface area contributed by atoms with Gasteiger partial charge in [0.2, 0.25) is 5.91 Å². The minimum Gasteiger partial charge on any atom is -0.475 e. The van der Waals surface area contributed by atoms with Crippen molar-refractivity contribution in [2.75, 3.05) is 33.4 Å². The number of amides is 1. The SMILES string of the molecule is COCC(=O)N1CCCC2(CCCN2Cc2cc(F)ccc2F)CC1.O=C(O)C(F)(F)F. The van der Waals surface area contributed by atoms with Crippen LogP contribution in [0.5, 0.6) is 0 Å². The van der Waals surface area contributed by atoms with E-state index in [0.717, 1.165) is 51.3 Å². The van der Waals surface area contributed by atoms with Crippen LogP contribution in [-0.2, 0) is 20.9 Å². The van der Waals surface area contributed by atoms with E-state index in [0.29, 0.717) is 18.7 Å². The zero-order valence-corrected chi connectivity index (χ0v) is 17.8. The number of rotatable bonds is 4. The highest BCUT2D eigenvalue weighted by Crippen LogP contribution is 2.39. The van der Waals surface area contributed by atoms with Gasteiger partial charge in [-0.3, -0.25) is 9.69 Å². The van der Waals surface area contributed by atoms with Crippen molar-refractivity contribution >= 4 is 11.9 Å². The van der Waals surface area contributed by atoms with Crippen LogP contribution in [-0.4, -0.2) is 71.8 Å². The molecular weight excluding hydrogens is 439 g/mol. The number of hydrogen-bond acceptors (Lipinski definition) is 4. The molecule has 2 fully saturated rings. The molecule has 1 aromatic rings. The Kier molecular flexibility index (Phi) is 8.97. The molecule has 1 N–H and O–H groups in total. The average molecular weight is 466 g/mol. The van der Waals surface area contributed by atoms with E-state index in [-0.39, 0.29) is 23.9 Å². The molecule has 2 heterocycles. The van der Waals surface area contributed by atoms with Gasteiger partial charge in [-0.05, 0) is 56.8 Å². The second kappa shape index (κ2) is 11.0. The van der Waals surface area contributed by atoms with E-state index in [1.807, 2.05) is 4.90 Å². The molecule has 0 aromatic heterocycles. The van der Waals surface area contributed by atoms with Crippen LogP contribution in [0.25, 0.3) is 0 Å². The first-order valence-electron chi connectivity index (χ1n) is 10.2. The standard InChI is InChI=1S/C19H26F2N2O2.C2HF3O2/c1-25-14-18(24)22-9-2-6-19(8-11-22)7-3-10-23(19)13-15-12-16(20)4-5-17(15)21;3-2(4,5)1(6)7/h4-5,12H,2-3,6-11,13-14H2,1H3;(H,6,7). The summed E-state index contributed by atoms with van der Waals surface area (Å²) in [5.41, 5.74) is 0.402. The lowest BCUT2D eigenvalue weighted by Crippen LogP contribution is -2.44. The third-order valence-corrected chi connectivity index (χ3v) is 5.89. The molecule has 0 radical (unpaired) electrons. The molecule has 1 spiro atoms. The molecule has 2 aliphatic heterocycles. The van der Waals surface area contributed by atoms with Crippen LogP contribution in [0.15, 0.2) is 18.2 Å². The molecule has 2 aliphatic rings. The fraction of sp³-hybridized carbons (Fsp3) is 0.619. The second-order valence-corrected chi connectivity index (χ2v) is 7.96. The predicted octanol–water partition coefficient (Wildman–Crippen LogP) is 3.59. The van der Waals surface area contributed by atoms with Gasteiger partial charge in [-0.2, -0.15) is 13.2 Å². The number of halogens is 5. The highest BCUT2D eigenvalue weighted by atomic mass is 19.4. The van der Waals surface area contributed by atoms with Crippen LogP contribution < -0.4 is 0 Å². The summed E-state index contributed by atoms with van der Waals surface area (Å²) in [5.74, 6) is -3.48. The Balaban J connectivity index is 0.000000451. The lowest BCUT2D eigenvalue weighted by Gasteiger charge is -2.38. The minimum absolute atomic E-state index is 0.0130. The van der Waals surface area contributed by atoms with Crippen molar-refractivity contribution in [3.05, 3.63) is 35.4 Å².